The lowest BCUT2D eigenvalue weighted by Gasteiger charge is -2.11. The van der Waals surface area contributed by atoms with Gasteiger partial charge in [-0.1, -0.05) is 30.0 Å². The minimum absolute atomic E-state index is 0.0277. The molecule has 0 saturated heterocycles. The number of rotatable bonds is 8. The molecule has 0 N–H and O–H groups in total. The van der Waals surface area contributed by atoms with Gasteiger partial charge >= 0.3 is 0 Å². The van der Waals surface area contributed by atoms with E-state index in [4.69, 9.17) is 9.47 Å². The number of Topliss-reactive ketones (excluding diaryl/α,β-unsaturated/α-hetero) is 1. The van der Waals surface area contributed by atoms with Crippen LogP contribution in [0.4, 0.5) is 0 Å². The molecule has 1 aromatic heterocycles. The van der Waals surface area contributed by atoms with Crippen LogP contribution in [0.2, 0.25) is 0 Å². The summed E-state index contributed by atoms with van der Waals surface area (Å²) in [4.78, 5) is 12.8. The highest BCUT2D eigenvalue weighted by atomic mass is 32.2. The summed E-state index contributed by atoms with van der Waals surface area (Å²) >= 11 is 1.39. The largest absolute Gasteiger partial charge is 0.497 e. The highest BCUT2D eigenvalue weighted by Gasteiger charge is 2.31. The van der Waals surface area contributed by atoms with E-state index in [9.17, 15) is 4.79 Å². The summed E-state index contributed by atoms with van der Waals surface area (Å²) in [5.41, 5.74) is 1.55. The third-order valence-corrected chi connectivity index (χ3v) is 5.59. The number of benzene rings is 2. The van der Waals surface area contributed by atoms with Crippen LogP contribution in [0.5, 0.6) is 11.5 Å². The maximum atomic E-state index is 12.8. The van der Waals surface area contributed by atoms with Gasteiger partial charge in [-0.15, -0.1) is 10.2 Å². The summed E-state index contributed by atoms with van der Waals surface area (Å²) in [6, 6.07) is 15.3. The fourth-order valence-electron chi connectivity index (χ4n) is 3.04. The van der Waals surface area contributed by atoms with Crippen LogP contribution < -0.4 is 9.47 Å². The van der Waals surface area contributed by atoms with Crippen LogP contribution in [-0.4, -0.2) is 40.5 Å². The Morgan fingerprint density at radius 3 is 2.57 bits per heavy atom. The van der Waals surface area contributed by atoms with Crippen molar-refractivity contribution in [3.8, 4) is 17.2 Å². The lowest BCUT2D eigenvalue weighted by molar-refractivity contribution is 0.101. The minimum Gasteiger partial charge on any atom is -0.497 e. The van der Waals surface area contributed by atoms with Gasteiger partial charge < -0.3 is 9.47 Å². The van der Waals surface area contributed by atoms with Crippen molar-refractivity contribution in [2.75, 3.05) is 20.0 Å². The highest BCUT2D eigenvalue weighted by Crippen LogP contribution is 2.41. The number of nitrogens with zero attached hydrogens (tertiary/aromatic N) is 3. The normalized spacial score (nSPS) is 13.4. The molecule has 1 aliphatic rings. The Morgan fingerprint density at radius 1 is 1.11 bits per heavy atom. The monoisotopic (exact) mass is 395 g/mol. The quantitative estimate of drug-likeness (QED) is 0.422. The number of carbonyl (C=O) groups excluding carboxylic acids is 1. The molecule has 7 heteroatoms. The first kappa shape index (κ1) is 18.6. The fourth-order valence-corrected chi connectivity index (χ4v) is 3.88. The molecule has 0 radical (unpaired) electrons. The zero-order chi connectivity index (χ0) is 19.5. The molecule has 0 amide bonds. The molecule has 3 aromatic rings. The zero-order valence-electron chi connectivity index (χ0n) is 15.8. The van der Waals surface area contributed by atoms with Crippen LogP contribution in [0.1, 0.15) is 34.9 Å². The van der Waals surface area contributed by atoms with Crippen molar-refractivity contribution in [2.45, 2.75) is 23.9 Å². The predicted molar refractivity (Wildman–Crippen MR) is 108 cm³/mol. The van der Waals surface area contributed by atoms with Crippen LogP contribution in [-0.2, 0) is 0 Å². The summed E-state index contributed by atoms with van der Waals surface area (Å²) < 4.78 is 12.6. The summed E-state index contributed by atoms with van der Waals surface area (Å²) in [5.74, 6) is 2.81. The SMILES string of the molecule is COc1ccc(C(=O)CSc2nnc(C3CC3)n2-c2ccccc2)c(OC)c1. The average Bonchev–Trinajstić information content (AvgIpc) is 3.51. The van der Waals surface area contributed by atoms with Gasteiger partial charge in [0.1, 0.15) is 17.3 Å². The number of carbonyl (C=O) groups is 1. The molecule has 6 nitrogen and oxygen atoms in total. The van der Waals surface area contributed by atoms with E-state index >= 15 is 0 Å². The fraction of sp³-hybridized carbons (Fsp3) is 0.286. The lowest BCUT2D eigenvalue weighted by atomic mass is 10.1. The first-order chi connectivity index (χ1) is 13.7. The average molecular weight is 395 g/mol. The van der Waals surface area contributed by atoms with Gasteiger partial charge in [0.15, 0.2) is 10.9 Å². The summed E-state index contributed by atoms with van der Waals surface area (Å²) in [7, 11) is 3.13. The molecular weight excluding hydrogens is 374 g/mol. The van der Waals surface area contributed by atoms with Crippen LogP contribution in [0.15, 0.2) is 53.7 Å². The van der Waals surface area contributed by atoms with Crippen LogP contribution in [0.3, 0.4) is 0 Å². The maximum absolute atomic E-state index is 12.8. The molecule has 0 spiro atoms. The van der Waals surface area contributed by atoms with Crippen molar-refractivity contribution in [3.63, 3.8) is 0 Å². The Bertz CT molecular complexity index is 984. The van der Waals surface area contributed by atoms with Crippen molar-refractivity contribution in [1.29, 1.82) is 0 Å². The van der Waals surface area contributed by atoms with E-state index in [1.54, 1.807) is 32.4 Å². The number of hydrogen-bond donors (Lipinski definition) is 0. The number of thioether (sulfide) groups is 1. The van der Waals surface area contributed by atoms with Gasteiger partial charge in [0.25, 0.3) is 0 Å². The van der Waals surface area contributed by atoms with E-state index in [1.165, 1.54) is 11.8 Å². The van der Waals surface area contributed by atoms with Crippen molar-refractivity contribution in [1.82, 2.24) is 14.8 Å². The molecule has 1 aliphatic carbocycles. The Morgan fingerprint density at radius 2 is 1.89 bits per heavy atom. The second-order valence-electron chi connectivity index (χ2n) is 6.56. The maximum Gasteiger partial charge on any atom is 0.196 e. The van der Waals surface area contributed by atoms with Crippen molar-refractivity contribution in [3.05, 3.63) is 59.9 Å². The van der Waals surface area contributed by atoms with Gasteiger partial charge in [-0.3, -0.25) is 9.36 Å². The van der Waals surface area contributed by atoms with Crippen LogP contribution >= 0.6 is 11.8 Å². The number of methoxy groups -OCH3 is 2. The summed E-state index contributed by atoms with van der Waals surface area (Å²) in [6.07, 6.45) is 2.27. The van der Waals surface area contributed by atoms with Gasteiger partial charge in [0, 0.05) is 17.7 Å². The van der Waals surface area contributed by atoms with E-state index in [0.717, 1.165) is 29.5 Å². The van der Waals surface area contributed by atoms with Crippen molar-refractivity contribution >= 4 is 17.5 Å². The zero-order valence-corrected chi connectivity index (χ0v) is 16.6. The van der Waals surface area contributed by atoms with E-state index in [2.05, 4.69) is 14.8 Å². The first-order valence-electron chi connectivity index (χ1n) is 9.10. The minimum atomic E-state index is -0.0277. The Balaban J connectivity index is 1.57. The molecular formula is C21H21N3O3S. The highest BCUT2D eigenvalue weighted by molar-refractivity contribution is 7.99. The molecule has 144 valence electrons. The summed E-state index contributed by atoms with van der Waals surface area (Å²) in [5, 5.41) is 9.49. The standard InChI is InChI=1S/C21H21N3O3S/c1-26-16-10-11-17(19(12-16)27-2)18(25)13-28-21-23-22-20(14-8-9-14)24(21)15-6-4-3-5-7-15/h3-7,10-12,14H,8-9,13H2,1-2H3. The van der Waals surface area contributed by atoms with Crippen molar-refractivity contribution in [2.24, 2.45) is 0 Å². The van der Waals surface area contributed by atoms with Crippen molar-refractivity contribution < 1.29 is 14.3 Å². The Hall–Kier alpha value is -2.80. The number of para-hydroxylation sites is 1. The molecule has 28 heavy (non-hydrogen) atoms. The van der Waals surface area contributed by atoms with E-state index in [1.807, 2.05) is 30.3 Å². The second kappa shape index (κ2) is 8.06. The molecule has 2 aromatic carbocycles. The topological polar surface area (TPSA) is 66.2 Å². The lowest BCUT2D eigenvalue weighted by Crippen LogP contribution is -2.07. The molecule has 1 fully saturated rings. The smallest absolute Gasteiger partial charge is 0.196 e. The van der Waals surface area contributed by atoms with Crippen LogP contribution in [0, 0.1) is 0 Å². The van der Waals surface area contributed by atoms with Crippen LogP contribution in [0.25, 0.3) is 5.69 Å². The third kappa shape index (κ3) is 3.75. The number of hydrogen-bond acceptors (Lipinski definition) is 6. The van der Waals surface area contributed by atoms with Gasteiger partial charge in [-0.05, 0) is 37.1 Å². The molecule has 4 rings (SSSR count). The third-order valence-electron chi connectivity index (χ3n) is 4.66. The number of ether oxygens (including phenoxy) is 2. The number of ketones is 1. The van der Waals surface area contributed by atoms with E-state index < -0.39 is 0 Å². The van der Waals surface area contributed by atoms with Gasteiger partial charge in [0.2, 0.25) is 0 Å². The Labute approximate surface area is 167 Å². The molecule has 0 aliphatic heterocycles. The van der Waals surface area contributed by atoms with E-state index in [-0.39, 0.29) is 11.5 Å². The van der Waals surface area contributed by atoms with E-state index in [0.29, 0.717) is 23.0 Å². The van der Waals surface area contributed by atoms with Gasteiger partial charge in [-0.2, -0.15) is 0 Å². The molecule has 0 unspecified atom stereocenters. The van der Waals surface area contributed by atoms with Gasteiger partial charge in [0.05, 0.1) is 25.5 Å². The predicted octanol–water partition coefficient (Wildman–Crippen LogP) is 4.14. The molecule has 1 saturated carbocycles. The number of aromatic nitrogens is 3. The molecule has 1 heterocycles. The summed E-state index contributed by atoms with van der Waals surface area (Å²) in [6.45, 7) is 0. The first-order valence-corrected chi connectivity index (χ1v) is 10.1. The van der Waals surface area contributed by atoms with Gasteiger partial charge in [-0.25, -0.2) is 0 Å². The Kier molecular flexibility index (Phi) is 5.34. The second-order valence-corrected chi connectivity index (χ2v) is 7.51. The molecule has 0 bridgehead atoms. The molecule has 0 atom stereocenters.